The number of hydrogen-bond donors (Lipinski definition) is 1. The maximum absolute atomic E-state index is 14.0. The van der Waals surface area contributed by atoms with E-state index in [1.165, 1.54) is 25.3 Å². The number of rotatable bonds is 2. The normalized spacial score (nSPS) is 23.9. The van der Waals surface area contributed by atoms with E-state index in [1.807, 2.05) is 6.07 Å². The molecule has 1 aliphatic rings. The highest BCUT2D eigenvalue weighted by Crippen LogP contribution is 2.33. The van der Waals surface area contributed by atoms with Crippen molar-refractivity contribution in [2.45, 2.75) is 57.5 Å². The Morgan fingerprint density at radius 2 is 2.10 bits per heavy atom. The second-order valence-corrected chi connectivity index (χ2v) is 5.73. The molecule has 0 spiro atoms. The number of nitrogens with zero attached hydrogens (tertiary/aromatic N) is 2. The van der Waals surface area contributed by atoms with Gasteiger partial charge in [-0.1, -0.05) is 25.3 Å². The number of benzene rings is 1. The molecule has 2 unspecified atom stereocenters. The van der Waals surface area contributed by atoms with Gasteiger partial charge in [0.2, 0.25) is 0 Å². The van der Waals surface area contributed by atoms with E-state index in [4.69, 9.17) is 5.73 Å². The molecule has 1 aromatic carbocycles. The van der Waals surface area contributed by atoms with Gasteiger partial charge in [-0.05, 0) is 31.9 Å². The fraction of sp³-hybridized carbons (Fsp3) is 0.562. The van der Waals surface area contributed by atoms with E-state index >= 15 is 0 Å². The molecule has 0 aliphatic heterocycles. The third-order valence-electron chi connectivity index (χ3n) is 4.48. The summed E-state index contributed by atoms with van der Waals surface area (Å²) in [5.74, 6) is 0.990. The Balaban J connectivity index is 2.12. The van der Waals surface area contributed by atoms with E-state index < -0.39 is 0 Å². The molecule has 2 atom stereocenters. The van der Waals surface area contributed by atoms with Crippen molar-refractivity contribution in [1.29, 1.82) is 0 Å². The number of hydrogen-bond acceptors (Lipinski definition) is 2. The second-order valence-electron chi connectivity index (χ2n) is 5.73. The number of halogens is 1. The number of nitrogens with two attached hydrogens (primary N) is 1. The van der Waals surface area contributed by atoms with E-state index in [2.05, 4.69) is 16.5 Å². The topological polar surface area (TPSA) is 43.8 Å². The average Bonchev–Trinajstić information content (AvgIpc) is 2.69. The Hall–Kier alpha value is -1.42. The summed E-state index contributed by atoms with van der Waals surface area (Å²) in [6.07, 6.45) is 5.73. The molecule has 1 fully saturated rings. The van der Waals surface area contributed by atoms with Crippen LogP contribution < -0.4 is 5.73 Å². The number of aryl methyl sites for hydroxylation is 1. The maximum Gasteiger partial charge on any atom is 0.151 e. The molecule has 1 saturated carbocycles. The highest BCUT2D eigenvalue weighted by Gasteiger charge is 2.27. The minimum Gasteiger partial charge on any atom is -0.328 e. The third kappa shape index (κ3) is 2.22. The minimum atomic E-state index is -0.238. The van der Waals surface area contributed by atoms with E-state index in [0.29, 0.717) is 5.52 Å². The van der Waals surface area contributed by atoms with Gasteiger partial charge < -0.3 is 10.3 Å². The standard InChI is InChI=1S/C16H22FN3/c1-2-20-14-10-6-8-12(17)15(14)19-16(20)11-7-4-3-5-9-13(11)18/h6,8,10-11,13H,2-5,7,9,18H2,1H3. The number of imidazole rings is 1. The monoisotopic (exact) mass is 275 g/mol. The number of para-hydroxylation sites is 1. The Morgan fingerprint density at radius 3 is 2.90 bits per heavy atom. The van der Waals surface area contributed by atoms with Crippen LogP contribution in [0.2, 0.25) is 0 Å². The summed E-state index contributed by atoms with van der Waals surface area (Å²) in [5, 5.41) is 0. The van der Waals surface area contributed by atoms with Gasteiger partial charge in [-0.3, -0.25) is 0 Å². The summed E-state index contributed by atoms with van der Waals surface area (Å²) in [7, 11) is 0. The van der Waals surface area contributed by atoms with Crippen LogP contribution in [0.15, 0.2) is 18.2 Å². The predicted octanol–water partition coefficient (Wildman–Crippen LogP) is 3.57. The zero-order valence-corrected chi connectivity index (χ0v) is 12.0. The molecule has 1 aliphatic carbocycles. The SMILES string of the molecule is CCn1c(C2CCCCCC2N)nc2c(F)cccc21. The van der Waals surface area contributed by atoms with Crippen LogP contribution in [0.4, 0.5) is 4.39 Å². The molecule has 4 heteroatoms. The van der Waals surface area contributed by atoms with Crippen molar-refractivity contribution >= 4 is 11.0 Å². The first-order valence-electron chi connectivity index (χ1n) is 7.62. The van der Waals surface area contributed by atoms with Crippen molar-refractivity contribution in [2.24, 2.45) is 5.73 Å². The smallest absolute Gasteiger partial charge is 0.151 e. The van der Waals surface area contributed by atoms with E-state index in [-0.39, 0.29) is 17.8 Å². The first kappa shape index (κ1) is 13.6. The van der Waals surface area contributed by atoms with Crippen molar-refractivity contribution < 1.29 is 4.39 Å². The number of aromatic nitrogens is 2. The molecule has 3 rings (SSSR count). The summed E-state index contributed by atoms with van der Waals surface area (Å²) in [6, 6.07) is 5.32. The lowest BCUT2D eigenvalue weighted by molar-refractivity contribution is 0.467. The maximum atomic E-state index is 14.0. The van der Waals surface area contributed by atoms with Crippen LogP contribution in [0.25, 0.3) is 11.0 Å². The van der Waals surface area contributed by atoms with Gasteiger partial charge in [0.05, 0.1) is 5.52 Å². The van der Waals surface area contributed by atoms with Gasteiger partial charge in [0.15, 0.2) is 5.82 Å². The Kier molecular flexibility index (Phi) is 3.74. The molecular weight excluding hydrogens is 253 g/mol. The van der Waals surface area contributed by atoms with Crippen molar-refractivity contribution in [3.63, 3.8) is 0 Å². The zero-order valence-electron chi connectivity index (χ0n) is 12.0. The van der Waals surface area contributed by atoms with E-state index in [0.717, 1.165) is 30.7 Å². The van der Waals surface area contributed by atoms with Crippen LogP contribution >= 0.6 is 0 Å². The first-order valence-corrected chi connectivity index (χ1v) is 7.62. The van der Waals surface area contributed by atoms with Gasteiger partial charge in [0.1, 0.15) is 11.3 Å². The Labute approximate surface area is 119 Å². The van der Waals surface area contributed by atoms with Crippen molar-refractivity contribution in [2.75, 3.05) is 0 Å². The molecule has 2 aromatic rings. The van der Waals surface area contributed by atoms with E-state index in [9.17, 15) is 4.39 Å². The summed E-state index contributed by atoms with van der Waals surface area (Å²) in [6.45, 7) is 2.89. The van der Waals surface area contributed by atoms with Crippen molar-refractivity contribution in [3.8, 4) is 0 Å². The summed E-state index contributed by atoms with van der Waals surface area (Å²) < 4.78 is 16.1. The molecule has 1 heterocycles. The largest absolute Gasteiger partial charge is 0.328 e. The zero-order chi connectivity index (χ0) is 14.1. The van der Waals surface area contributed by atoms with Gasteiger partial charge in [0.25, 0.3) is 0 Å². The van der Waals surface area contributed by atoms with Crippen LogP contribution in [0.1, 0.15) is 50.8 Å². The quantitative estimate of drug-likeness (QED) is 0.851. The van der Waals surface area contributed by atoms with Crippen LogP contribution in [-0.4, -0.2) is 15.6 Å². The molecule has 3 nitrogen and oxygen atoms in total. The van der Waals surface area contributed by atoms with E-state index in [1.54, 1.807) is 6.07 Å². The van der Waals surface area contributed by atoms with Crippen LogP contribution in [-0.2, 0) is 6.54 Å². The Morgan fingerprint density at radius 1 is 1.30 bits per heavy atom. The molecule has 0 bridgehead atoms. The summed E-state index contributed by atoms with van der Waals surface area (Å²) in [5.41, 5.74) is 7.72. The molecule has 2 N–H and O–H groups in total. The fourth-order valence-corrected chi connectivity index (χ4v) is 3.40. The molecule has 0 radical (unpaired) electrons. The summed E-state index contributed by atoms with van der Waals surface area (Å²) in [4.78, 5) is 4.61. The van der Waals surface area contributed by atoms with Gasteiger partial charge in [-0.15, -0.1) is 0 Å². The van der Waals surface area contributed by atoms with Gasteiger partial charge in [0, 0.05) is 18.5 Å². The molecule has 0 amide bonds. The molecular formula is C16H22FN3. The lowest BCUT2D eigenvalue weighted by Crippen LogP contribution is -2.29. The van der Waals surface area contributed by atoms with Gasteiger partial charge >= 0.3 is 0 Å². The van der Waals surface area contributed by atoms with Crippen molar-refractivity contribution in [1.82, 2.24) is 9.55 Å². The highest BCUT2D eigenvalue weighted by atomic mass is 19.1. The highest BCUT2D eigenvalue weighted by molar-refractivity contribution is 5.76. The number of fused-ring (bicyclic) bond motifs is 1. The van der Waals surface area contributed by atoms with Gasteiger partial charge in [-0.25, -0.2) is 9.37 Å². The molecule has 0 saturated heterocycles. The molecule has 108 valence electrons. The minimum absolute atomic E-state index is 0.141. The lowest BCUT2D eigenvalue weighted by atomic mass is 9.94. The van der Waals surface area contributed by atoms with Crippen LogP contribution in [0, 0.1) is 5.82 Å². The first-order chi connectivity index (χ1) is 9.72. The fourth-order valence-electron chi connectivity index (χ4n) is 3.40. The average molecular weight is 275 g/mol. The van der Waals surface area contributed by atoms with Crippen LogP contribution in [0.5, 0.6) is 0 Å². The van der Waals surface area contributed by atoms with Crippen LogP contribution in [0.3, 0.4) is 0 Å². The summed E-state index contributed by atoms with van der Waals surface area (Å²) >= 11 is 0. The second kappa shape index (κ2) is 5.52. The predicted molar refractivity (Wildman–Crippen MR) is 79.2 cm³/mol. The molecule has 20 heavy (non-hydrogen) atoms. The molecule has 1 aromatic heterocycles. The van der Waals surface area contributed by atoms with Crippen molar-refractivity contribution in [3.05, 3.63) is 29.8 Å². The third-order valence-corrected chi connectivity index (χ3v) is 4.48. The Bertz CT molecular complexity index is 605. The van der Waals surface area contributed by atoms with Gasteiger partial charge in [-0.2, -0.15) is 0 Å². The lowest BCUT2D eigenvalue weighted by Gasteiger charge is -2.21.